The lowest BCUT2D eigenvalue weighted by molar-refractivity contribution is -0.155. The van der Waals surface area contributed by atoms with Gasteiger partial charge in [0.1, 0.15) is 6.04 Å². The van der Waals surface area contributed by atoms with E-state index in [4.69, 9.17) is 4.74 Å². The predicted molar refractivity (Wildman–Crippen MR) is 117 cm³/mol. The van der Waals surface area contributed by atoms with Crippen molar-refractivity contribution < 1.29 is 24.2 Å². The largest absolute Gasteiger partial charge is 0.466 e. The molecule has 0 bridgehead atoms. The van der Waals surface area contributed by atoms with Crippen LogP contribution in [0.5, 0.6) is 0 Å². The number of benzene rings is 1. The second-order valence-corrected chi connectivity index (χ2v) is 8.29. The summed E-state index contributed by atoms with van der Waals surface area (Å²) >= 11 is 0. The molecular formula is C24H32N2O5. The van der Waals surface area contributed by atoms with Gasteiger partial charge in [0.15, 0.2) is 0 Å². The number of nitrogens with one attached hydrogen (secondary N) is 1. The number of allylic oxidation sites excluding steroid dienone is 1. The van der Waals surface area contributed by atoms with Crippen molar-refractivity contribution in [2.24, 2.45) is 23.7 Å². The van der Waals surface area contributed by atoms with Crippen LogP contribution in [0.4, 0.5) is 5.69 Å². The van der Waals surface area contributed by atoms with Gasteiger partial charge in [-0.25, -0.2) is 0 Å². The number of carbonyl (C=O) groups is 3. The maximum atomic E-state index is 13.4. The van der Waals surface area contributed by atoms with Crippen LogP contribution in [-0.4, -0.2) is 53.6 Å². The molecule has 5 atom stereocenters. The molecule has 2 amide bonds. The zero-order valence-electron chi connectivity index (χ0n) is 18.6. The molecule has 0 saturated carbocycles. The minimum atomic E-state index is -0.797. The van der Waals surface area contributed by atoms with E-state index < -0.39 is 29.8 Å². The summed E-state index contributed by atoms with van der Waals surface area (Å²) in [5, 5.41) is 12.6. The Morgan fingerprint density at radius 1 is 1.16 bits per heavy atom. The normalized spacial score (nSPS) is 27.2. The minimum absolute atomic E-state index is 0.0385. The number of amides is 2. The first-order valence-corrected chi connectivity index (χ1v) is 11.0. The summed E-state index contributed by atoms with van der Waals surface area (Å²) in [5.74, 6) is -2.88. The van der Waals surface area contributed by atoms with E-state index in [9.17, 15) is 19.5 Å². The van der Waals surface area contributed by atoms with Gasteiger partial charge in [-0.05, 0) is 44.2 Å². The summed E-state index contributed by atoms with van der Waals surface area (Å²) in [6, 6.07) is 4.96. The molecule has 1 aromatic rings. The smallest absolute Gasteiger partial charge is 0.310 e. The quantitative estimate of drug-likeness (QED) is 0.514. The third kappa shape index (κ3) is 4.24. The Kier molecular flexibility index (Phi) is 7.15. The van der Waals surface area contributed by atoms with Gasteiger partial charge in [0.2, 0.25) is 11.8 Å². The Balaban J connectivity index is 1.98. The number of carbonyl (C=O) groups excluding carboxylic acids is 3. The number of para-hydroxylation sites is 1. The Bertz CT molecular complexity index is 860. The Hall–Kier alpha value is -2.67. The molecular weight excluding hydrogens is 396 g/mol. The van der Waals surface area contributed by atoms with Gasteiger partial charge in [-0.2, -0.15) is 0 Å². The molecule has 2 aliphatic rings. The number of ether oxygens (including phenoxy) is 1. The first kappa shape index (κ1) is 23.0. The van der Waals surface area contributed by atoms with Crippen molar-refractivity contribution in [1.82, 2.24) is 4.90 Å². The van der Waals surface area contributed by atoms with Crippen LogP contribution in [0.25, 0.3) is 0 Å². The molecule has 1 fully saturated rings. The van der Waals surface area contributed by atoms with Crippen molar-refractivity contribution >= 4 is 23.5 Å². The van der Waals surface area contributed by atoms with E-state index in [0.717, 1.165) is 16.8 Å². The third-order valence-corrected chi connectivity index (χ3v) is 6.48. The van der Waals surface area contributed by atoms with Crippen LogP contribution < -0.4 is 5.32 Å². The highest BCUT2D eigenvalue weighted by molar-refractivity contribution is 6.02. The van der Waals surface area contributed by atoms with Crippen molar-refractivity contribution in [2.45, 2.75) is 40.2 Å². The van der Waals surface area contributed by atoms with Gasteiger partial charge in [-0.1, -0.05) is 37.3 Å². The van der Waals surface area contributed by atoms with Crippen molar-refractivity contribution in [2.75, 3.05) is 25.1 Å². The lowest BCUT2D eigenvalue weighted by atomic mass is 9.69. The average molecular weight is 429 g/mol. The fraction of sp³-hybridized carbons (Fsp3) is 0.542. The first-order valence-electron chi connectivity index (χ1n) is 11.0. The molecule has 0 radical (unpaired) electrons. The standard InChI is InChI=1S/C24H32N2O5/c1-5-16-10-11-17-19(18(16)24(30)31-6-2)23(29)26(12-13-27)21(17)22(28)25-20-14(3)8-7-9-15(20)4/h7-11,16-19,21,27H,5-6,12-13H2,1-4H3,(H,25,28)/t16-,17+,18-,19-,21+/m1/s1. The third-order valence-electron chi connectivity index (χ3n) is 6.48. The lowest BCUT2D eigenvalue weighted by Crippen LogP contribution is -2.45. The molecule has 31 heavy (non-hydrogen) atoms. The zero-order chi connectivity index (χ0) is 22.7. The van der Waals surface area contributed by atoms with Gasteiger partial charge >= 0.3 is 5.97 Å². The highest BCUT2D eigenvalue weighted by Crippen LogP contribution is 2.45. The summed E-state index contributed by atoms with van der Waals surface area (Å²) in [5.41, 5.74) is 2.58. The van der Waals surface area contributed by atoms with E-state index in [1.54, 1.807) is 6.92 Å². The number of β-amino-alcohol motifs (C(OH)–C–C–N with tert-alkyl or cyclic N) is 1. The number of likely N-dealkylation sites (tertiary alicyclic amines) is 1. The number of anilines is 1. The second kappa shape index (κ2) is 9.64. The molecule has 0 spiro atoms. The van der Waals surface area contributed by atoms with Gasteiger partial charge in [0.25, 0.3) is 0 Å². The molecule has 3 rings (SSSR count). The van der Waals surface area contributed by atoms with E-state index in [-0.39, 0.29) is 37.5 Å². The van der Waals surface area contributed by atoms with Crippen LogP contribution in [0.15, 0.2) is 30.4 Å². The molecule has 1 saturated heterocycles. The van der Waals surface area contributed by atoms with Gasteiger partial charge in [0.05, 0.1) is 25.0 Å². The predicted octanol–water partition coefficient (Wildman–Crippen LogP) is 2.45. The number of hydrogen-bond acceptors (Lipinski definition) is 5. The molecule has 1 aliphatic carbocycles. The topological polar surface area (TPSA) is 95.9 Å². The van der Waals surface area contributed by atoms with Crippen LogP contribution in [0.3, 0.4) is 0 Å². The van der Waals surface area contributed by atoms with Crippen molar-refractivity contribution in [3.05, 3.63) is 41.5 Å². The van der Waals surface area contributed by atoms with E-state index in [1.807, 2.05) is 51.1 Å². The van der Waals surface area contributed by atoms with Gasteiger partial charge in [-0.15, -0.1) is 0 Å². The first-order chi connectivity index (χ1) is 14.8. The number of nitrogens with zero attached hydrogens (tertiary/aromatic N) is 1. The van der Waals surface area contributed by atoms with Crippen molar-refractivity contribution in [3.63, 3.8) is 0 Å². The summed E-state index contributed by atoms with van der Waals surface area (Å²) in [7, 11) is 0. The highest BCUT2D eigenvalue weighted by atomic mass is 16.5. The van der Waals surface area contributed by atoms with E-state index in [1.165, 1.54) is 4.90 Å². The van der Waals surface area contributed by atoms with E-state index in [0.29, 0.717) is 6.42 Å². The number of rotatable bonds is 7. The molecule has 7 nitrogen and oxygen atoms in total. The number of aliphatic hydroxyl groups excluding tert-OH is 1. The summed E-state index contributed by atoms with van der Waals surface area (Å²) in [6.45, 7) is 7.56. The molecule has 1 aliphatic heterocycles. The molecule has 0 unspecified atom stereocenters. The van der Waals surface area contributed by atoms with Gasteiger partial charge < -0.3 is 20.1 Å². The monoisotopic (exact) mass is 428 g/mol. The van der Waals surface area contributed by atoms with Gasteiger partial charge in [0, 0.05) is 18.2 Å². The second-order valence-electron chi connectivity index (χ2n) is 8.29. The van der Waals surface area contributed by atoms with Crippen molar-refractivity contribution in [3.8, 4) is 0 Å². The average Bonchev–Trinajstić information content (AvgIpc) is 3.02. The number of esters is 1. The van der Waals surface area contributed by atoms with Crippen LogP contribution in [0, 0.1) is 37.5 Å². The Morgan fingerprint density at radius 3 is 2.42 bits per heavy atom. The number of hydrogen-bond donors (Lipinski definition) is 2. The molecule has 2 N–H and O–H groups in total. The van der Waals surface area contributed by atoms with Crippen LogP contribution >= 0.6 is 0 Å². The molecule has 1 heterocycles. The van der Waals surface area contributed by atoms with Gasteiger partial charge in [-0.3, -0.25) is 14.4 Å². The minimum Gasteiger partial charge on any atom is -0.466 e. The zero-order valence-corrected chi connectivity index (χ0v) is 18.6. The van der Waals surface area contributed by atoms with Crippen molar-refractivity contribution in [1.29, 1.82) is 0 Å². The van der Waals surface area contributed by atoms with Crippen LogP contribution in [-0.2, 0) is 19.1 Å². The maximum absolute atomic E-state index is 13.4. The lowest BCUT2D eigenvalue weighted by Gasteiger charge is -2.33. The van der Waals surface area contributed by atoms with Crippen LogP contribution in [0.2, 0.25) is 0 Å². The Morgan fingerprint density at radius 2 is 1.84 bits per heavy atom. The molecule has 0 aromatic heterocycles. The summed E-state index contributed by atoms with van der Waals surface area (Å²) < 4.78 is 5.29. The number of fused-ring (bicyclic) bond motifs is 1. The molecule has 7 heteroatoms. The SMILES string of the molecule is CCOC(=O)[C@H]1[C@@H]2C(=O)N(CCO)[C@H](C(=O)Nc3c(C)cccc3C)[C@H]2C=C[C@H]1CC. The number of aryl methyl sites for hydroxylation is 2. The summed E-state index contributed by atoms with van der Waals surface area (Å²) in [4.78, 5) is 41.0. The maximum Gasteiger partial charge on any atom is 0.310 e. The van der Waals surface area contributed by atoms with Crippen LogP contribution in [0.1, 0.15) is 31.4 Å². The Labute approximate surface area is 183 Å². The fourth-order valence-electron chi connectivity index (χ4n) is 5.00. The highest BCUT2D eigenvalue weighted by Gasteiger charge is 2.57. The fourth-order valence-corrected chi connectivity index (χ4v) is 5.00. The van der Waals surface area contributed by atoms with E-state index >= 15 is 0 Å². The van der Waals surface area contributed by atoms with E-state index in [2.05, 4.69) is 5.32 Å². The number of aliphatic hydroxyl groups is 1. The summed E-state index contributed by atoms with van der Waals surface area (Å²) in [6.07, 6.45) is 4.53. The molecule has 168 valence electrons. The molecule has 1 aromatic carbocycles.